The lowest BCUT2D eigenvalue weighted by molar-refractivity contribution is 0.430. The molecule has 0 spiro atoms. The Balaban J connectivity index is 2.00. The SMILES string of the molecule is Cc1cccnc1-c1noc(-c2ccc(N)cn2)n1. The van der Waals surface area contributed by atoms with E-state index in [1.807, 2.05) is 19.1 Å². The largest absolute Gasteiger partial charge is 0.397 e. The molecule has 2 N–H and O–H groups in total. The van der Waals surface area contributed by atoms with Gasteiger partial charge in [-0.1, -0.05) is 11.2 Å². The van der Waals surface area contributed by atoms with Gasteiger partial charge in [0.1, 0.15) is 11.4 Å². The summed E-state index contributed by atoms with van der Waals surface area (Å²) in [5.41, 5.74) is 8.44. The molecule has 3 aromatic heterocycles. The molecule has 0 atom stereocenters. The van der Waals surface area contributed by atoms with Crippen molar-refractivity contribution >= 4 is 5.69 Å². The van der Waals surface area contributed by atoms with Crippen LogP contribution in [0.4, 0.5) is 5.69 Å². The summed E-state index contributed by atoms with van der Waals surface area (Å²) < 4.78 is 5.20. The molecule has 19 heavy (non-hydrogen) atoms. The second kappa shape index (κ2) is 4.49. The van der Waals surface area contributed by atoms with Gasteiger partial charge in [-0.25, -0.2) is 4.98 Å². The van der Waals surface area contributed by atoms with E-state index in [0.717, 1.165) is 5.56 Å². The third-order valence-electron chi connectivity index (χ3n) is 2.65. The van der Waals surface area contributed by atoms with Gasteiger partial charge in [-0.15, -0.1) is 0 Å². The zero-order valence-electron chi connectivity index (χ0n) is 10.2. The van der Waals surface area contributed by atoms with E-state index in [4.69, 9.17) is 10.3 Å². The normalized spacial score (nSPS) is 10.6. The Morgan fingerprint density at radius 2 is 2.05 bits per heavy atom. The highest BCUT2D eigenvalue weighted by atomic mass is 16.5. The Bertz CT molecular complexity index is 705. The Morgan fingerprint density at radius 1 is 1.16 bits per heavy atom. The molecule has 94 valence electrons. The summed E-state index contributed by atoms with van der Waals surface area (Å²) in [4.78, 5) is 12.7. The van der Waals surface area contributed by atoms with Crippen LogP contribution in [-0.2, 0) is 0 Å². The smallest absolute Gasteiger partial charge is 0.276 e. The minimum atomic E-state index is 0.347. The summed E-state index contributed by atoms with van der Waals surface area (Å²) in [6, 6.07) is 7.28. The number of nitrogens with two attached hydrogens (primary N) is 1. The highest BCUT2D eigenvalue weighted by Crippen LogP contribution is 2.21. The molecule has 0 saturated carbocycles. The van der Waals surface area contributed by atoms with E-state index in [-0.39, 0.29) is 0 Å². The van der Waals surface area contributed by atoms with E-state index >= 15 is 0 Å². The number of nitrogens with zero attached hydrogens (tertiary/aromatic N) is 4. The average molecular weight is 253 g/mol. The lowest BCUT2D eigenvalue weighted by Crippen LogP contribution is -1.90. The van der Waals surface area contributed by atoms with E-state index in [2.05, 4.69) is 20.1 Å². The van der Waals surface area contributed by atoms with Gasteiger partial charge in [0, 0.05) is 6.20 Å². The van der Waals surface area contributed by atoms with E-state index in [0.29, 0.717) is 28.8 Å². The van der Waals surface area contributed by atoms with Crippen molar-refractivity contribution in [1.29, 1.82) is 0 Å². The molecule has 6 nitrogen and oxygen atoms in total. The van der Waals surface area contributed by atoms with Crippen LogP contribution in [0, 0.1) is 6.92 Å². The van der Waals surface area contributed by atoms with E-state index in [1.54, 1.807) is 24.5 Å². The molecule has 0 amide bonds. The van der Waals surface area contributed by atoms with Crippen LogP contribution < -0.4 is 5.73 Å². The highest BCUT2D eigenvalue weighted by Gasteiger charge is 2.13. The first-order valence-corrected chi connectivity index (χ1v) is 5.71. The highest BCUT2D eigenvalue weighted by molar-refractivity contribution is 5.57. The summed E-state index contributed by atoms with van der Waals surface area (Å²) in [5.74, 6) is 0.798. The summed E-state index contributed by atoms with van der Waals surface area (Å²) in [6.45, 7) is 1.94. The number of hydrogen-bond acceptors (Lipinski definition) is 6. The first-order chi connectivity index (χ1) is 9.24. The van der Waals surface area contributed by atoms with Crippen molar-refractivity contribution in [2.45, 2.75) is 6.92 Å². The first kappa shape index (κ1) is 11.3. The topological polar surface area (TPSA) is 90.7 Å². The summed E-state index contributed by atoms with van der Waals surface area (Å²) >= 11 is 0. The number of aromatic nitrogens is 4. The van der Waals surface area contributed by atoms with E-state index < -0.39 is 0 Å². The van der Waals surface area contributed by atoms with Crippen LogP contribution >= 0.6 is 0 Å². The fourth-order valence-corrected chi connectivity index (χ4v) is 1.68. The number of pyridine rings is 2. The predicted octanol–water partition coefficient (Wildman–Crippen LogP) is 2.08. The van der Waals surface area contributed by atoms with Gasteiger partial charge in [-0.05, 0) is 30.7 Å². The van der Waals surface area contributed by atoms with Gasteiger partial charge >= 0.3 is 0 Å². The van der Waals surface area contributed by atoms with E-state index in [9.17, 15) is 0 Å². The minimum absolute atomic E-state index is 0.347. The van der Waals surface area contributed by atoms with Gasteiger partial charge in [0.05, 0.1) is 11.9 Å². The van der Waals surface area contributed by atoms with Crippen LogP contribution in [0.15, 0.2) is 41.2 Å². The molecular formula is C13H11N5O. The Labute approximate surface area is 109 Å². The van der Waals surface area contributed by atoms with Crippen molar-refractivity contribution in [1.82, 2.24) is 20.1 Å². The fourth-order valence-electron chi connectivity index (χ4n) is 1.68. The van der Waals surface area contributed by atoms with Crippen LogP contribution in [0.1, 0.15) is 5.56 Å². The Hall–Kier alpha value is -2.76. The van der Waals surface area contributed by atoms with Crippen molar-refractivity contribution in [2.75, 3.05) is 5.73 Å². The number of nitrogen functional groups attached to an aromatic ring is 1. The summed E-state index contributed by atoms with van der Waals surface area (Å²) in [7, 11) is 0. The standard InChI is InChI=1S/C13H11N5O/c1-8-3-2-6-15-11(8)12-17-13(19-18-12)10-5-4-9(14)7-16-10/h2-7H,14H2,1H3. The number of hydrogen-bond donors (Lipinski definition) is 1. The Morgan fingerprint density at radius 3 is 2.79 bits per heavy atom. The molecule has 0 aromatic carbocycles. The molecule has 0 unspecified atom stereocenters. The summed E-state index contributed by atoms with van der Waals surface area (Å²) in [6.07, 6.45) is 3.24. The first-order valence-electron chi connectivity index (χ1n) is 5.71. The van der Waals surface area contributed by atoms with Crippen LogP contribution in [0.3, 0.4) is 0 Å². The molecule has 0 saturated heterocycles. The maximum absolute atomic E-state index is 5.58. The summed E-state index contributed by atoms with van der Waals surface area (Å²) in [5, 5.41) is 3.93. The van der Waals surface area contributed by atoms with Crippen molar-refractivity contribution in [3.63, 3.8) is 0 Å². The maximum Gasteiger partial charge on any atom is 0.276 e. The molecular weight excluding hydrogens is 242 g/mol. The molecule has 3 rings (SSSR count). The lowest BCUT2D eigenvalue weighted by atomic mass is 10.2. The average Bonchev–Trinajstić information content (AvgIpc) is 2.89. The second-order valence-corrected chi connectivity index (χ2v) is 4.07. The second-order valence-electron chi connectivity index (χ2n) is 4.07. The van der Waals surface area contributed by atoms with Crippen LogP contribution in [0.5, 0.6) is 0 Å². The van der Waals surface area contributed by atoms with Crippen molar-refractivity contribution in [3.8, 4) is 23.1 Å². The molecule has 0 aliphatic heterocycles. The lowest BCUT2D eigenvalue weighted by Gasteiger charge is -1.97. The number of anilines is 1. The number of rotatable bonds is 2. The molecule has 6 heteroatoms. The monoisotopic (exact) mass is 253 g/mol. The molecule has 0 aliphatic rings. The molecule has 0 bridgehead atoms. The third-order valence-corrected chi connectivity index (χ3v) is 2.65. The fraction of sp³-hybridized carbons (Fsp3) is 0.0769. The molecule has 0 aliphatic carbocycles. The van der Waals surface area contributed by atoms with Crippen molar-refractivity contribution < 1.29 is 4.52 Å². The van der Waals surface area contributed by atoms with Crippen molar-refractivity contribution in [3.05, 3.63) is 42.2 Å². The van der Waals surface area contributed by atoms with Crippen LogP contribution in [-0.4, -0.2) is 20.1 Å². The van der Waals surface area contributed by atoms with Gasteiger partial charge in [0.25, 0.3) is 5.89 Å². The van der Waals surface area contributed by atoms with E-state index in [1.165, 1.54) is 0 Å². The molecule has 3 aromatic rings. The molecule has 3 heterocycles. The zero-order chi connectivity index (χ0) is 13.2. The quantitative estimate of drug-likeness (QED) is 0.751. The van der Waals surface area contributed by atoms with Crippen LogP contribution in [0.2, 0.25) is 0 Å². The predicted molar refractivity (Wildman–Crippen MR) is 69.9 cm³/mol. The van der Waals surface area contributed by atoms with Crippen molar-refractivity contribution in [2.24, 2.45) is 0 Å². The minimum Gasteiger partial charge on any atom is -0.397 e. The van der Waals surface area contributed by atoms with Gasteiger partial charge in [0.2, 0.25) is 5.82 Å². The van der Waals surface area contributed by atoms with Crippen LogP contribution in [0.25, 0.3) is 23.1 Å². The Kier molecular flexibility index (Phi) is 2.68. The van der Waals surface area contributed by atoms with Gasteiger partial charge in [-0.3, -0.25) is 4.98 Å². The van der Waals surface area contributed by atoms with Gasteiger partial charge in [-0.2, -0.15) is 4.98 Å². The van der Waals surface area contributed by atoms with Gasteiger partial charge in [0.15, 0.2) is 0 Å². The number of aryl methyl sites for hydroxylation is 1. The third kappa shape index (κ3) is 2.15. The maximum atomic E-state index is 5.58. The zero-order valence-corrected chi connectivity index (χ0v) is 10.2. The van der Waals surface area contributed by atoms with Gasteiger partial charge < -0.3 is 10.3 Å². The molecule has 0 radical (unpaired) electrons. The molecule has 0 fully saturated rings.